The molecule has 2 heterocycles. The fraction of sp³-hybridized carbons (Fsp3) is 0.538. The fourth-order valence-corrected chi connectivity index (χ4v) is 2.28. The van der Waals surface area contributed by atoms with Crippen LogP contribution in [0.1, 0.15) is 25.3 Å². The lowest BCUT2D eigenvalue weighted by Crippen LogP contribution is -2.33. The average Bonchev–Trinajstić information content (AvgIpc) is 2.30. The van der Waals surface area contributed by atoms with Crippen molar-refractivity contribution in [2.45, 2.75) is 26.2 Å². The number of carbonyl (C=O) groups is 1. The normalized spacial score (nSPS) is 17.1. The third-order valence-electron chi connectivity index (χ3n) is 3.34. The zero-order valence-electron chi connectivity index (χ0n) is 10.1. The van der Waals surface area contributed by atoms with Crippen LogP contribution in [0.5, 0.6) is 0 Å². The van der Waals surface area contributed by atoms with E-state index in [1.165, 1.54) is 12.8 Å². The van der Waals surface area contributed by atoms with E-state index in [1.54, 1.807) is 12.4 Å². The number of hydrogen-bond acceptors (Lipinski definition) is 3. The van der Waals surface area contributed by atoms with E-state index >= 15 is 0 Å². The quantitative estimate of drug-likeness (QED) is 0.868. The van der Waals surface area contributed by atoms with E-state index in [-0.39, 0.29) is 6.42 Å². The molecule has 0 unspecified atom stereocenters. The molecule has 0 aromatic carbocycles. The van der Waals surface area contributed by atoms with Crippen LogP contribution in [-0.2, 0) is 11.2 Å². The van der Waals surface area contributed by atoms with Crippen LogP contribution in [-0.4, -0.2) is 29.1 Å². The van der Waals surface area contributed by atoms with Crippen LogP contribution in [0.25, 0.3) is 0 Å². The standard InChI is InChI=1S/C13H18N2O2/c1-10-3-6-15(7-4-10)12-2-5-14-9-11(12)8-13(16)17/h2,5,9-10H,3-4,6-8H2,1H3,(H,16,17). The third-order valence-corrected chi connectivity index (χ3v) is 3.34. The van der Waals surface area contributed by atoms with Crippen LogP contribution < -0.4 is 4.90 Å². The molecule has 1 aromatic rings. The lowest BCUT2D eigenvalue weighted by molar-refractivity contribution is -0.136. The first-order valence-electron chi connectivity index (χ1n) is 6.06. The molecule has 17 heavy (non-hydrogen) atoms. The SMILES string of the molecule is CC1CCN(c2ccncc2CC(=O)O)CC1. The maximum absolute atomic E-state index is 10.8. The van der Waals surface area contributed by atoms with E-state index < -0.39 is 5.97 Å². The highest BCUT2D eigenvalue weighted by Crippen LogP contribution is 2.25. The van der Waals surface area contributed by atoms with Crippen molar-refractivity contribution < 1.29 is 9.90 Å². The Morgan fingerprint density at radius 2 is 2.24 bits per heavy atom. The highest BCUT2D eigenvalue weighted by molar-refractivity contribution is 5.73. The second-order valence-corrected chi connectivity index (χ2v) is 4.74. The summed E-state index contributed by atoms with van der Waals surface area (Å²) in [6.45, 7) is 4.29. The van der Waals surface area contributed by atoms with E-state index in [4.69, 9.17) is 5.11 Å². The molecule has 0 aliphatic carbocycles. The summed E-state index contributed by atoms with van der Waals surface area (Å²) in [5.74, 6) is -0.0272. The number of anilines is 1. The lowest BCUT2D eigenvalue weighted by atomic mass is 9.98. The molecular formula is C13H18N2O2. The van der Waals surface area contributed by atoms with Crippen molar-refractivity contribution in [3.05, 3.63) is 24.0 Å². The molecule has 0 saturated carbocycles. The molecule has 4 nitrogen and oxygen atoms in total. The Balaban J connectivity index is 2.16. The van der Waals surface area contributed by atoms with Crippen molar-refractivity contribution in [3.8, 4) is 0 Å². The van der Waals surface area contributed by atoms with Crippen molar-refractivity contribution in [2.75, 3.05) is 18.0 Å². The van der Waals surface area contributed by atoms with Gasteiger partial charge in [-0.05, 0) is 24.8 Å². The van der Waals surface area contributed by atoms with Crippen LogP contribution in [0.4, 0.5) is 5.69 Å². The number of aliphatic carboxylic acids is 1. The summed E-state index contributed by atoms with van der Waals surface area (Å²) >= 11 is 0. The summed E-state index contributed by atoms with van der Waals surface area (Å²) in [5, 5.41) is 8.89. The molecule has 1 fully saturated rings. The van der Waals surface area contributed by atoms with Gasteiger partial charge in [-0.2, -0.15) is 0 Å². The lowest BCUT2D eigenvalue weighted by Gasteiger charge is -2.33. The van der Waals surface area contributed by atoms with E-state index in [9.17, 15) is 4.79 Å². The molecule has 4 heteroatoms. The third kappa shape index (κ3) is 2.96. The summed E-state index contributed by atoms with van der Waals surface area (Å²) in [7, 11) is 0. The van der Waals surface area contributed by atoms with Gasteiger partial charge in [0.2, 0.25) is 0 Å². The van der Waals surface area contributed by atoms with E-state index in [0.29, 0.717) is 0 Å². The Morgan fingerprint density at radius 1 is 1.53 bits per heavy atom. The Morgan fingerprint density at radius 3 is 2.88 bits per heavy atom. The molecular weight excluding hydrogens is 216 g/mol. The van der Waals surface area contributed by atoms with Crippen molar-refractivity contribution in [1.29, 1.82) is 0 Å². The van der Waals surface area contributed by atoms with Gasteiger partial charge in [0.25, 0.3) is 0 Å². The van der Waals surface area contributed by atoms with E-state index in [0.717, 1.165) is 30.3 Å². The predicted molar refractivity (Wildman–Crippen MR) is 66.2 cm³/mol. The van der Waals surface area contributed by atoms with Gasteiger partial charge in [0.15, 0.2) is 0 Å². The van der Waals surface area contributed by atoms with Gasteiger partial charge in [-0.15, -0.1) is 0 Å². The number of carboxylic acid groups (broad SMARTS) is 1. The molecule has 1 saturated heterocycles. The largest absolute Gasteiger partial charge is 0.481 e. The predicted octanol–water partition coefficient (Wildman–Crippen LogP) is 1.95. The fourth-order valence-electron chi connectivity index (χ4n) is 2.28. The second-order valence-electron chi connectivity index (χ2n) is 4.74. The molecule has 1 aliphatic heterocycles. The van der Waals surface area contributed by atoms with E-state index in [1.807, 2.05) is 6.07 Å². The van der Waals surface area contributed by atoms with Gasteiger partial charge in [0.1, 0.15) is 0 Å². The maximum atomic E-state index is 10.8. The number of nitrogens with zero attached hydrogens (tertiary/aromatic N) is 2. The van der Waals surface area contributed by atoms with Gasteiger partial charge < -0.3 is 10.0 Å². The molecule has 2 rings (SSSR count). The van der Waals surface area contributed by atoms with Crippen LogP contribution in [0, 0.1) is 5.92 Å². The van der Waals surface area contributed by atoms with Crippen molar-refractivity contribution >= 4 is 11.7 Å². The zero-order valence-corrected chi connectivity index (χ0v) is 10.1. The minimum atomic E-state index is -0.801. The average molecular weight is 234 g/mol. The topological polar surface area (TPSA) is 53.4 Å². The minimum Gasteiger partial charge on any atom is -0.481 e. The molecule has 0 radical (unpaired) electrons. The first-order valence-corrected chi connectivity index (χ1v) is 6.06. The molecule has 1 aliphatic rings. The van der Waals surface area contributed by atoms with Gasteiger partial charge >= 0.3 is 5.97 Å². The molecule has 0 amide bonds. The van der Waals surface area contributed by atoms with Crippen molar-refractivity contribution in [2.24, 2.45) is 5.92 Å². The number of rotatable bonds is 3. The molecule has 0 atom stereocenters. The highest BCUT2D eigenvalue weighted by atomic mass is 16.4. The molecule has 92 valence electrons. The summed E-state index contributed by atoms with van der Waals surface area (Å²) in [6, 6.07) is 1.92. The summed E-state index contributed by atoms with van der Waals surface area (Å²) in [5.41, 5.74) is 1.85. The van der Waals surface area contributed by atoms with Gasteiger partial charge in [-0.1, -0.05) is 6.92 Å². The number of carboxylic acids is 1. The van der Waals surface area contributed by atoms with Crippen molar-refractivity contribution in [1.82, 2.24) is 4.98 Å². The summed E-state index contributed by atoms with van der Waals surface area (Å²) in [4.78, 5) is 17.1. The number of pyridine rings is 1. The van der Waals surface area contributed by atoms with Gasteiger partial charge in [-0.3, -0.25) is 9.78 Å². The zero-order chi connectivity index (χ0) is 12.3. The Bertz CT molecular complexity index is 398. The Labute approximate surface area is 101 Å². The van der Waals surface area contributed by atoms with Crippen LogP contribution >= 0.6 is 0 Å². The maximum Gasteiger partial charge on any atom is 0.307 e. The molecule has 0 bridgehead atoms. The second kappa shape index (κ2) is 5.17. The minimum absolute atomic E-state index is 0.0508. The molecule has 0 spiro atoms. The van der Waals surface area contributed by atoms with Crippen molar-refractivity contribution in [3.63, 3.8) is 0 Å². The summed E-state index contributed by atoms with van der Waals surface area (Å²) in [6.07, 6.45) is 5.80. The smallest absolute Gasteiger partial charge is 0.307 e. The van der Waals surface area contributed by atoms with E-state index in [2.05, 4.69) is 16.8 Å². The van der Waals surface area contributed by atoms with Gasteiger partial charge in [0.05, 0.1) is 6.42 Å². The van der Waals surface area contributed by atoms with Crippen LogP contribution in [0.2, 0.25) is 0 Å². The Hall–Kier alpha value is -1.58. The molecule has 1 N–H and O–H groups in total. The monoisotopic (exact) mass is 234 g/mol. The van der Waals surface area contributed by atoms with Crippen LogP contribution in [0.3, 0.4) is 0 Å². The highest BCUT2D eigenvalue weighted by Gasteiger charge is 2.18. The summed E-state index contributed by atoms with van der Waals surface area (Å²) < 4.78 is 0. The van der Waals surface area contributed by atoms with Gasteiger partial charge in [0, 0.05) is 36.7 Å². The first-order chi connectivity index (χ1) is 8.16. The molecule has 1 aromatic heterocycles. The Kier molecular flexibility index (Phi) is 3.61. The van der Waals surface area contributed by atoms with Crippen LogP contribution in [0.15, 0.2) is 18.5 Å². The van der Waals surface area contributed by atoms with Gasteiger partial charge in [-0.25, -0.2) is 0 Å². The number of aromatic nitrogens is 1. The number of piperidine rings is 1. The number of hydrogen-bond donors (Lipinski definition) is 1. The first kappa shape index (κ1) is 11.9.